The van der Waals surface area contributed by atoms with Crippen LogP contribution in [0.3, 0.4) is 0 Å². The van der Waals surface area contributed by atoms with E-state index in [9.17, 15) is 5.11 Å². The molecule has 2 aromatic rings. The first kappa shape index (κ1) is 16.1. The minimum absolute atomic E-state index is 0.0745. The number of rotatable bonds is 4. The van der Waals surface area contributed by atoms with Gasteiger partial charge in [-0.05, 0) is 18.2 Å². The lowest BCUT2D eigenvalue weighted by Gasteiger charge is -2.33. The lowest BCUT2D eigenvalue weighted by atomic mass is 9.94. The Morgan fingerprint density at radius 1 is 1.04 bits per heavy atom. The molecule has 0 spiro atoms. The van der Waals surface area contributed by atoms with Crippen LogP contribution in [0.25, 0.3) is 0 Å². The Morgan fingerprint density at radius 2 is 1.76 bits per heavy atom. The summed E-state index contributed by atoms with van der Waals surface area (Å²) in [5, 5.41) is 10.7. The van der Waals surface area contributed by atoms with Gasteiger partial charge in [-0.3, -0.25) is 0 Å². The van der Waals surface area contributed by atoms with Crippen molar-refractivity contribution >= 4 is 0 Å². The van der Waals surface area contributed by atoms with Crippen molar-refractivity contribution in [1.29, 1.82) is 0 Å². The number of nitrogens with one attached hydrogen (secondary N) is 1. The van der Waals surface area contributed by atoms with Gasteiger partial charge in [0.05, 0.1) is 31.5 Å². The Bertz CT molecular complexity index is 757. The third kappa shape index (κ3) is 2.99. The summed E-state index contributed by atoms with van der Waals surface area (Å²) in [5.74, 6) is 2.26. The molecule has 6 nitrogen and oxygen atoms in total. The topological polar surface area (TPSA) is 61.6 Å². The molecule has 6 heteroatoms. The second-order valence-corrected chi connectivity index (χ2v) is 6.21. The Kier molecular flexibility index (Phi) is 4.38. The first-order valence-electron chi connectivity index (χ1n) is 8.45. The number of phenolic OH excluding ortho intramolecular Hbond substituents is 1. The van der Waals surface area contributed by atoms with Crippen LogP contribution in [0.4, 0.5) is 0 Å². The maximum Gasteiger partial charge on any atom is 0.231 e. The van der Waals surface area contributed by atoms with E-state index < -0.39 is 0 Å². The summed E-state index contributed by atoms with van der Waals surface area (Å²) in [6.07, 6.45) is 0. The number of methoxy groups -OCH3 is 1. The second kappa shape index (κ2) is 6.82. The van der Waals surface area contributed by atoms with Crippen molar-refractivity contribution in [2.75, 3.05) is 40.2 Å². The van der Waals surface area contributed by atoms with E-state index in [4.69, 9.17) is 18.9 Å². The van der Waals surface area contributed by atoms with E-state index in [0.29, 0.717) is 24.7 Å². The monoisotopic (exact) mass is 344 g/mol. The van der Waals surface area contributed by atoms with Gasteiger partial charge in [0.15, 0.2) is 11.5 Å². The molecule has 1 atom stereocenters. The van der Waals surface area contributed by atoms with E-state index in [1.807, 2.05) is 24.3 Å². The third-order valence-electron chi connectivity index (χ3n) is 4.83. The molecule has 0 unspecified atom stereocenters. The molecule has 132 valence electrons. The highest BCUT2D eigenvalue weighted by Crippen LogP contribution is 2.41. The van der Waals surface area contributed by atoms with Crippen LogP contribution in [-0.4, -0.2) is 45.3 Å². The molecule has 0 radical (unpaired) electrons. The highest BCUT2D eigenvalue weighted by atomic mass is 16.7. The molecule has 0 amide bonds. The van der Waals surface area contributed by atoms with Crippen LogP contribution in [-0.2, 0) is 4.74 Å². The van der Waals surface area contributed by atoms with Crippen molar-refractivity contribution in [3.63, 3.8) is 0 Å². The fourth-order valence-corrected chi connectivity index (χ4v) is 3.61. The maximum absolute atomic E-state index is 10.7. The Labute approximate surface area is 146 Å². The van der Waals surface area contributed by atoms with Gasteiger partial charge < -0.3 is 29.0 Å². The summed E-state index contributed by atoms with van der Waals surface area (Å²) >= 11 is 0. The zero-order valence-electron chi connectivity index (χ0n) is 14.2. The molecule has 2 N–H and O–H groups in total. The number of benzene rings is 2. The molecule has 25 heavy (non-hydrogen) atoms. The smallest absolute Gasteiger partial charge is 0.231 e. The molecule has 2 aliphatic rings. The zero-order chi connectivity index (χ0) is 17.2. The number of hydrogen-bond donors (Lipinski definition) is 2. The summed E-state index contributed by atoms with van der Waals surface area (Å²) in [6, 6.07) is 11.4. The standard InChI is InChI=1S/C19H21NO5/c1-22-16-5-3-2-4-13(16)19(20-6-8-23-9-7-20)14-10-17-18(11-15(14)21)25-12-24-17/h2-5,10-11,19,21H,6-9,12H2,1H3/p+1/t19-/m1/s1. The molecule has 2 aromatic carbocycles. The van der Waals surface area contributed by atoms with Gasteiger partial charge >= 0.3 is 0 Å². The van der Waals surface area contributed by atoms with E-state index in [-0.39, 0.29) is 18.6 Å². The molecule has 0 aliphatic carbocycles. The number of quaternary nitrogens is 1. The van der Waals surface area contributed by atoms with E-state index in [0.717, 1.165) is 30.0 Å². The number of aromatic hydroxyl groups is 1. The van der Waals surface area contributed by atoms with Crippen LogP contribution in [0.15, 0.2) is 36.4 Å². The predicted molar refractivity (Wildman–Crippen MR) is 90.6 cm³/mol. The highest BCUT2D eigenvalue weighted by molar-refractivity contribution is 5.54. The maximum atomic E-state index is 10.7. The molecular weight excluding hydrogens is 322 g/mol. The van der Waals surface area contributed by atoms with Crippen LogP contribution in [0, 0.1) is 0 Å². The van der Waals surface area contributed by atoms with Gasteiger partial charge in [0.2, 0.25) is 6.79 Å². The summed E-state index contributed by atoms with van der Waals surface area (Å²) < 4.78 is 22.0. The van der Waals surface area contributed by atoms with E-state index in [1.54, 1.807) is 13.2 Å². The molecule has 1 saturated heterocycles. The Morgan fingerprint density at radius 3 is 2.52 bits per heavy atom. The summed E-state index contributed by atoms with van der Waals surface area (Å²) in [5.41, 5.74) is 1.85. The van der Waals surface area contributed by atoms with Crippen LogP contribution in [0.1, 0.15) is 17.2 Å². The van der Waals surface area contributed by atoms with Crippen LogP contribution in [0.5, 0.6) is 23.0 Å². The molecule has 2 heterocycles. The largest absolute Gasteiger partial charge is 0.507 e. The van der Waals surface area contributed by atoms with Crippen molar-refractivity contribution < 1.29 is 29.0 Å². The number of hydrogen-bond acceptors (Lipinski definition) is 5. The van der Waals surface area contributed by atoms with E-state index in [2.05, 4.69) is 6.07 Å². The van der Waals surface area contributed by atoms with E-state index in [1.165, 1.54) is 4.90 Å². The fourth-order valence-electron chi connectivity index (χ4n) is 3.61. The molecule has 0 aromatic heterocycles. The van der Waals surface area contributed by atoms with Crippen LogP contribution >= 0.6 is 0 Å². The molecule has 4 rings (SSSR count). The van der Waals surface area contributed by atoms with Gasteiger partial charge in [-0.15, -0.1) is 0 Å². The van der Waals surface area contributed by atoms with Crippen molar-refractivity contribution in [3.8, 4) is 23.0 Å². The molecular formula is C19H22NO5+. The zero-order valence-corrected chi connectivity index (χ0v) is 14.2. The number of phenols is 1. The van der Waals surface area contributed by atoms with Crippen molar-refractivity contribution in [3.05, 3.63) is 47.5 Å². The van der Waals surface area contributed by atoms with Crippen LogP contribution < -0.4 is 19.1 Å². The number of ether oxygens (including phenoxy) is 4. The number of morpholine rings is 1. The lowest BCUT2D eigenvalue weighted by Crippen LogP contribution is -3.14. The second-order valence-electron chi connectivity index (χ2n) is 6.21. The average molecular weight is 344 g/mol. The Hall–Kier alpha value is -2.44. The third-order valence-corrected chi connectivity index (χ3v) is 4.83. The number of fused-ring (bicyclic) bond motifs is 1. The predicted octanol–water partition coefficient (Wildman–Crippen LogP) is 1.13. The average Bonchev–Trinajstić information content (AvgIpc) is 3.10. The summed E-state index contributed by atoms with van der Waals surface area (Å²) in [6.45, 7) is 3.30. The van der Waals surface area contributed by atoms with E-state index >= 15 is 0 Å². The minimum atomic E-state index is -0.0745. The summed E-state index contributed by atoms with van der Waals surface area (Å²) in [4.78, 5) is 1.32. The van der Waals surface area contributed by atoms with Crippen LogP contribution in [0.2, 0.25) is 0 Å². The molecule has 1 fully saturated rings. The first-order chi connectivity index (χ1) is 12.3. The van der Waals surface area contributed by atoms with Crippen molar-refractivity contribution in [2.24, 2.45) is 0 Å². The van der Waals surface area contributed by atoms with Crippen molar-refractivity contribution in [1.82, 2.24) is 0 Å². The van der Waals surface area contributed by atoms with Gasteiger partial charge in [-0.2, -0.15) is 0 Å². The first-order valence-corrected chi connectivity index (χ1v) is 8.45. The lowest BCUT2D eigenvalue weighted by molar-refractivity contribution is -0.933. The number of para-hydroxylation sites is 1. The van der Waals surface area contributed by atoms with Gasteiger partial charge in [0.1, 0.15) is 30.6 Å². The van der Waals surface area contributed by atoms with Gasteiger partial charge in [-0.25, -0.2) is 0 Å². The molecule has 2 aliphatic heterocycles. The minimum Gasteiger partial charge on any atom is -0.507 e. The van der Waals surface area contributed by atoms with Gasteiger partial charge in [0.25, 0.3) is 0 Å². The Balaban J connectivity index is 1.83. The van der Waals surface area contributed by atoms with Gasteiger partial charge in [0, 0.05) is 6.07 Å². The normalized spacial score (nSPS) is 18.1. The fraction of sp³-hybridized carbons (Fsp3) is 0.368. The molecule has 0 bridgehead atoms. The quantitative estimate of drug-likeness (QED) is 0.871. The summed E-state index contributed by atoms with van der Waals surface area (Å²) in [7, 11) is 1.67. The molecule has 0 saturated carbocycles. The van der Waals surface area contributed by atoms with Crippen molar-refractivity contribution in [2.45, 2.75) is 6.04 Å². The SMILES string of the molecule is COc1ccccc1[C@H](c1cc2c(cc1O)OCO2)[NH+]1CCOCC1. The highest BCUT2D eigenvalue weighted by Gasteiger charge is 2.34. The van der Waals surface area contributed by atoms with Gasteiger partial charge in [-0.1, -0.05) is 12.1 Å².